The van der Waals surface area contributed by atoms with Crippen molar-refractivity contribution in [1.82, 2.24) is 9.88 Å². The molecule has 6 heteroatoms. The molecule has 1 fully saturated rings. The first kappa shape index (κ1) is 14.6. The standard InChI is InChI=1S/C16H18N2O4/c1-10-7-15(20)18(16(10)21)8-11(19)9-22-14-4-2-3-13-12(14)5-6-17-13/h2-6,10-11,17,19H,7-9H2,1H3/t10-,11+/m1/s1. The highest BCUT2D eigenvalue weighted by molar-refractivity contribution is 6.03. The van der Waals surface area contributed by atoms with E-state index in [0.717, 1.165) is 15.8 Å². The van der Waals surface area contributed by atoms with Gasteiger partial charge >= 0.3 is 0 Å². The number of imide groups is 1. The van der Waals surface area contributed by atoms with Gasteiger partial charge in [0.25, 0.3) is 0 Å². The molecule has 116 valence electrons. The Labute approximate surface area is 127 Å². The molecule has 1 aromatic carbocycles. The first-order valence-electron chi connectivity index (χ1n) is 7.27. The SMILES string of the molecule is C[C@@H]1CC(=O)N(C[C@H](O)COc2cccc3[nH]ccc23)C1=O. The van der Waals surface area contributed by atoms with E-state index in [1.165, 1.54) is 0 Å². The van der Waals surface area contributed by atoms with Crippen LogP contribution in [0.3, 0.4) is 0 Å². The highest BCUT2D eigenvalue weighted by Gasteiger charge is 2.36. The van der Waals surface area contributed by atoms with Gasteiger partial charge in [-0.25, -0.2) is 0 Å². The molecule has 0 radical (unpaired) electrons. The van der Waals surface area contributed by atoms with Crippen molar-refractivity contribution in [2.75, 3.05) is 13.2 Å². The number of likely N-dealkylation sites (tertiary alicyclic amines) is 1. The molecule has 1 aliphatic rings. The summed E-state index contributed by atoms with van der Waals surface area (Å²) in [6.07, 6.45) is 1.12. The summed E-state index contributed by atoms with van der Waals surface area (Å²) in [5.41, 5.74) is 0.950. The summed E-state index contributed by atoms with van der Waals surface area (Å²) in [5, 5.41) is 11.0. The van der Waals surface area contributed by atoms with Gasteiger partial charge in [0.2, 0.25) is 11.8 Å². The van der Waals surface area contributed by atoms with Crippen LogP contribution < -0.4 is 4.74 Å². The van der Waals surface area contributed by atoms with Gasteiger partial charge in [0.05, 0.1) is 6.54 Å². The van der Waals surface area contributed by atoms with Crippen LogP contribution in [0.5, 0.6) is 5.75 Å². The number of β-amino-alcohol motifs (C(OH)–C–C–N with tert-alkyl or cyclic N) is 1. The fraction of sp³-hybridized carbons (Fsp3) is 0.375. The van der Waals surface area contributed by atoms with Gasteiger partial charge in [0, 0.05) is 29.4 Å². The third kappa shape index (κ3) is 2.69. The maximum absolute atomic E-state index is 11.8. The van der Waals surface area contributed by atoms with E-state index < -0.39 is 6.10 Å². The summed E-state index contributed by atoms with van der Waals surface area (Å²) in [4.78, 5) is 27.7. The average Bonchev–Trinajstić information content (AvgIpc) is 3.06. The molecular weight excluding hydrogens is 284 g/mol. The van der Waals surface area contributed by atoms with Crippen LogP contribution in [0.1, 0.15) is 13.3 Å². The van der Waals surface area contributed by atoms with Crippen molar-refractivity contribution in [3.05, 3.63) is 30.5 Å². The van der Waals surface area contributed by atoms with Crippen LogP contribution >= 0.6 is 0 Å². The molecule has 22 heavy (non-hydrogen) atoms. The normalized spacial score (nSPS) is 19.9. The van der Waals surface area contributed by atoms with Crippen molar-refractivity contribution in [1.29, 1.82) is 0 Å². The molecule has 0 saturated carbocycles. The zero-order valence-corrected chi connectivity index (χ0v) is 12.3. The van der Waals surface area contributed by atoms with Crippen LogP contribution in [-0.4, -0.2) is 46.1 Å². The third-order valence-electron chi connectivity index (χ3n) is 3.85. The van der Waals surface area contributed by atoms with E-state index >= 15 is 0 Å². The summed E-state index contributed by atoms with van der Waals surface area (Å²) in [7, 11) is 0. The second kappa shape index (κ2) is 5.81. The number of aliphatic hydroxyl groups excluding tert-OH is 1. The number of carbonyl (C=O) groups is 2. The van der Waals surface area contributed by atoms with Crippen LogP contribution in [-0.2, 0) is 9.59 Å². The van der Waals surface area contributed by atoms with Gasteiger partial charge in [-0.2, -0.15) is 0 Å². The Morgan fingerprint density at radius 3 is 2.95 bits per heavy atom. The Kier molecular flexibility index (Phi) is 3.85. The van der Waals surface area contributed by atoms with Crippen LogP contribution in [0.2, 0.25) is 0 Å². The average molecular weight is 302 g/mol. The monoisotopic (exact) mass is 302 g/mol. The molecule has 0 bridgehead atoms. The van der Waals surface area contributed by atoms with Crippen LogP contribution in [0.4, 0.5) is 0 Å². The lowest BCUT2D eigenvalue weighted by Crippen LogP contribution is -2.39. The van der Waals surface area contributed by atoms with Crippen LogP contribution in [0.15, 0.2) is 30.5 Å². The number of aromatic nitrogens is 1. The van der Waals surface area contributed by atoms with Crippen molar-refractivity contribution < 1.29 is 19.4 Å². The van der Waals surface area contributed by atoms with E-state index in [1.807, 2.05) is 30.5 Å². The number of hydrogen-bond acceptors (Lipinski definition) is 4. The number of carbonyl (C=O) groups excluding carboxylic acids is 2. The smallest absolute Gasteiger partial charge is 0.232 e. The lowest BCUT2D eigenvalue weighted by Gasteiger charge is -2.19. The number of H-pyrrole nitrogens is 1. The molecule has 1 aromatic heterocycles. The number of amides is 2. The summed E-state index contributed by atoms with van der Waals surface area (Å²) in [5.74, 6) is -0.0967. The number of aromatic amines is 1. The zero-order valence-electron chi connectivity index (χ0n) is 12.3. The minimum atomic E-state index is -0.910. The van der Waals surface area contributed by atoms with Gasteiger partial charge in [0.15, 0.2) is 0 Å². The molecule has 3 rings (SSSR count). The minimum absolute atomic E-state index is 0.0227. The largest absolute Gasteiger partial charge is 0.490 e. The van der Waals surface area contributed by atoms with Crippen molar-refractivity contribution in [3.8, 4) is 5.75 Å². The molecule has 6 nitrogen and oxygen atoms in total. The number of benzene rings is 1. The summed E-state index contributed by atoms with van der Waals surface area (Å²) < 4.78 is 5.63. The van der Waals surface area contributed by atoms with Crippen molar-refractivity contribution in [2.24, 2.45) is 5.92 Å². The van der Waals surface area contributed by atoms with Crippen LogP contribution in [0, 0.1) is 5.92 Å². The number of nitrogens with one attached hydrogen (secondary N) is 1. The molecule has 2 heterocycles. The molecule has 0 unspecified atom stereocenters. The van der Waals surface area contributed by atoms with E-state index in [0.29, 0.717) is 5.75 Å². The Bertz CT molecular complexity index is 709. The predicted molar refractivity (Wildman–Crippen MR) is 80.3 cm³/mol. The molecule has 2 atom stereocenters. The Hall–Kier alpha value is -2.34. The number of nitrogens with zero attached hydrogens (tertiary/aromatic N) is 1. The molecular formula is C16H18N2O4. The van der Waals surface area contributed by atoms with E-state index in [-0.39, 0.29) is 37.3 Å². The molecule has 2 N–H and O–H groups in total. The van der Waals surface area contributed by atoms with Gasteiger partial charge in [-0.15, -0.1) is 0 Å². The van der Waals surface area contributed by atoms with Crippen LogP contribution in [0.25, 0.3) is 10.9 Å². The quantitative estimate of drug-likeness (QED) is 0.816. The second-order valence-electron chi connectivity index (χ2n) is 5.61. The van der Waals surface area contributed by atoms with Gasteiger partial charge in [-0.3, -0.25) is 14.5 Å². The van der Waals surface area contributed by atoms with Gasteiger partial charge in [0.1, 0.15) is 18.5 Å². The third-order valence-corrected chi connectivity index (χ3v) is 3.85. The predicted octanol–water partition coefficient (Wildman–Crippen LogP) is 1.30. The number of hydrogen-bond donors (Lipinski definition) is 2. The molecule has 1 aliphatic heterocycles. The lowest BCUT2D eigenvalue weighted by molar-refractivity contribution is -0.141. The Morgan fingerprint density at radius 1 is 1.41 bits per heavy atom. The second-order valence-corrected chi connectivity index (χ2v) is 5.61. The highest BCUT2D eigenvalue weighted by Crippen LogP contribution is 2.25. The Morgan fingerprint density at radius 2 is 2.23 bits per heavy atom. The number of rotatable bonds is 5. The fourth-order valence-electron chi connectivity index (χ4n) is 2.67. The van der Waals surface area contributed by atoms with Gasteiger partial charge < -0.3 is 14.8 Å². The molecule has 1 saturated heterocycles. The summed E-state index contributed by atoms with van der Waals surface area (Å²) in [6, 6.07) is 7.50. The number of ether oxygens (including phenoxy) is 1. The highest BCUT2D eigenvalue weighted by atomic mass is 16.5. The first-order valence-corrected chi connectivity index (χ1v) is 7.27. The number of fused-ring (bicyclic) bond motifs is 1. The van der Waals surface area contributed by atoms with Crippen molar-refractivity contribution in [2.45, 2.75) is 19.4 Å². The topological polar surface area (TPSA) is 82.6 Å². The van der Waals surface area contributed by atoms with Gasteiger partial charge in [-0.1, -0.05) is 13.0 Å². The van der Waals surface area contributed by atoms with Crippen molar-refractivity contribution >= 4 is 22.7 Å². The Balaban J connectivity index is 1.61. The summed E-state index contributed by atoms with van der Waals surface area (Å²) in [6.45, 7) is 1.72. The fourth-order valence-corrected chi connectivity index (χ4v) is 2.67. The molecule has 0 spiro atoms. The van der Waals surface area contributed by atoms with Gasteiger partial charge in [-0.05, 0) is 18.2 Å². The maximum Gasteiger partial charge on any atom is 0.232 e. The van der Waals surface area contributed by atoms with E-state index in [1.54, 1.807) is 6.92 Å². The first-order chi connectivity index (χ1) is 10.6. The van der Waals surface area contributed by atoms with E-state index in [4.69, 9.17) is 4.74 Å². The molecule has 2 amide bonds. The minimum Gasteiger partial charge on any atom is -0.490 e. The van der Waals surface area contributed by atoms with E-state index in [2.05, 4.69) is 4.98 Å². The summed E-state index contributed by atoms with van der Waals surface area (Å²) >= 11 is 0. The van der Waals surface area contributed by atoms with Crippen molar-refractivity contribution in [3.63, 3.8) is 0 Å². The zero-order chi connectivity index (χ0) is 15.7. The molecule has 2 aromatic rings. The molecule has 0 aliphatic carbocycles. The van der Waals surface area contributed by atoms with E-state index in [9.17, 15) is 14.7 Å². The lowest BCUT2D eigenvalue weighted by atomic mass is 10.1. The maximum atomic E-state index is 11.8. The number of aliphatic hydroxyl groups is 1.